The fourth-order valence-electron chi connectivity index (χ4n) is 2.06. The van der Waals surface area contributed by atoms with Gasteiger partial charge in [-0.15, -0.1) is 0 Å². The highest BCUT2D eigenvalue weighted by atomic mass is 19.1. The third-order valence-corrected chi connectivity index (χ3v) is 2.98. The minimum Gasteiger partial charge on any atom is -0.322 e. The van der Waals surface area contributed by atoms with E-state index in [1.54, 1.807) is 24.4 Å². The van der Waals surface area contributed by atoms with E-state index in [0.29, 0.717) is 11.3 Å². The van der Waals surface area contributed by atoms with Gasteiger partial charge in [-0.25, -0.2) is 4.39 Å². The van der Waals surface area contributed by atoms with E-state index in [2.05, 4.69) is 10.3 Å². The number of benzene rings is 2. The van der Waals surface area contributed by atoms with Crippen LogP contribution in [-0.4, -0.2) is 10.9 Å². The van der Waals surface area contributed by atoms with Crippen LogP contribution < -0.4 is 5.32 Å². The Bertz CT molecular complexity index is 781. The van der Waals surface area contributed by atoms with Gasteiger partial charge in [0.25, 0.3) is 5.91 Å². The zero-order chi connectivity index (χ0) is 13.9. The summed E-state index contributed by atoms with van der Waals surface area (Å²) in [6, 6.07) is 14.8. The van der Waals surface area contributed by atoms with Gasteiger partial charge in [0.05, 0.1) is 11.1 Å². The van der Waals surface area contributed by atoms with E-state index in [4.69, 9.17) is 0 Å². The van der Waals surface area contributed by atoms with Crippen LogP contribution in [0.25, 0.3) is 10.9 Å². The lowest BCUT2D eigenvalue weighted by Gasteiger charge is -2.07. The zero-order valence-electron chi connectivity index (χ0n) is 10.5. The maximum atomic E-state index is 13.1. The SMILES string of the molecule is O=C(Nc1cccc(F)c1)c1ccnc2ccccc12. The number of aromatic nitrogens is 1. The molecule has 0 atom stereocenters. The molecule has 98 valence electrons. The lowest BCUT2D eigenvalue weighted by molar-refractivity contribution is 0.102. The highest BCUT2D eigenvalue weighted by Crippen LogP contribution is 2.18. The number of amides is 1. The molecule has 1 aromatic heterocycles. The second-order valence-electron chi connectivity index (χ2n) is 4.34. The van der Waals surface area contributed by atoms with E-state index in [0.717, 1.165) is 10.9 Å². The Balaban J connectivity index is 1.97. The molecule has 0 aliphatic heterocycles. The average molecular weight is 266 g/mol. The van der Waals surface area contributed by atoms with E-state index >= 15 is 0 Å². The van der Waals surface area contributed by atoms with Crippen LogP contribution in [0.5, 0.6) is 0 Å². The molecule has 0 fully saturated rings. The Hall–Kier alpha value is -2.75. The van der Waals surface area contributed by atoms with Crippen LogP contribution in [-0.2, 0) is 0 Å². The molecule has 3 rings (SSSR count). The third kappa shape index (κ3) is 2.36. The topological polar surface area (TPSA) is 42.0 Å². The van der Waals surface area contributed by atoms with Gasteiger partial charge in [-0.05, 0) is 30.3 Å². The van der Waals surface area contributed by atoms with E-state index in [-0.39, 0.29) is 11.7 Å². The van der Waals surface area contributed by atoms with Gasteiger partial charge < -0.3 is 5.32 Å². The van der Waals surface area contributed by atoms with Gasteiger partial charge in [-0.1, -0.05) is 24.3 Å². The van der Waals surface area contributed by atoms with Crippen molar-refractivity contribution in [3.8, 4) is 0 Å². The van der Waals surface area contributed by atoms with E-state index in [1.807, 2.05) is 24.3 Å². The third-order valence-electron chi connectivity index (χ3n) is 2.98. The van der Waals surface area contributed by atoms with Crippen molar-refractivity contribution in [3.05, 3.63) is 72.2 Å². The molecule has 0 radical (unpaired) electrons. The number of hydrogen-bond donors (Lipinski definition) is 1. The molecular weight excluding hydrogens is 255 g/mol. The predicted molar refractivity (Wildman–Crippen MR) is 76.1 cm³/mol. The van der Waals surface area contributed by atoms with E-state index in [9.17, 15) is 9.18 Å². The molecule has 3 nitrogen and oxygen atoms in total. The molecule has 0 aliphatic carbocycles. The average Bonchev–Trinajstić information content (AvgIpc) is 2.46. The lowest BCUT2D eigenvalue weighted by Crippen LogP contribution is -2.12. The minimum atomic E-state index is -0.387. The number of fused-ring (bicyclic) bond motifs is 1. The molecule has 1 amide bonds. The van der Waals surface area contributed by atoms with E-state index in [1.165, 1.54) is 12.1 Å². The monoisotopic (exact) mass is 266 g/mol. The Morgan fingerprint density at radius 2 is 1.90 bits per heavy atom. The van der Waals surface area contributed by atoms with Gasteiger partial charge in [0, 0.05) is 17.3 Å². The Morgan fingerprint density at radius 3 is 2.75 bits per heavy atom. The summed E-state index contributed by atoms with van der Waals surface area (Å²) in [4.78, 5) is 16.5. The zero-order valence-corrected chi connectivity index (χ0v) is 10.5. The Morgan fingerprint density at radius 1 is 1.05 bits per heavy atom. The molecular formula is C16H11FN2O. The van der Waals surface area contributed by atoms with Crippen molar-refractivity contribution >= 4 is 22.5 Å². The molecule has 0 aliphatic rings. The number of para-hydroxylation sites is 1. The predicted octanol–water partition coefficient (Wildman–Crippen LogP) is 3.63. The number of carbonyl (C=O) groups excluding carboxylic acids is 1. The number of hydrogen-bond acceptors (Lipinski definition) is 2. The quantitative estimate of drug-likeness (QED) is 0.769. The Labute approximate surface area is 115 Å². The molecule has 2 aromatic carbocycles. The number of anilines is 1. The molecule has 0 bridgehead atoms. The fourth-order valence-corrected chi connectivity index (χ4v) is 2.06. The van der Waals surface area contributed by atoms with Crippen molar-refractivity contribution in [2.24, 2.45) is 0 Å². The first-order valence-electron chi connectivity index (χ1n) is 6.15. The second-order valence-corrected chi connectivity index (χ2v) is 4.34. The molecule has 4 heteroatoms. The number of nitrogens with one attached hydrogen (secondary N) is 1. The molecule has 0 spiro atoms. The summed E-state index contributed by atoms with van der Waals surface area (Å²) in [6.07, 6.45) is 1.59. The van der Waals surface area contributed by atoms with Gasteiger partial charge in [0.15, 0.2) is 0 Å². The van der Waals surface area contributed by atoms with Crippen molar-refractivity contribution in [2.45, 2.75) is 0 Å². The smallest absolute Gasteiger partial charge is 0.256 e. The van der Waals surface area contributed by atoms with Crippen molar-refractivity contribution in [1.82, 2.24) is 4.98 Å². The fraction of sp³-hybridized carbons (Fsp3) is 0. The van der Waals surface area contributed by atoms with Crippen molar-refractivity contribution in [3.63, 3.8) is 0 Å². The summed E-state index contributed by atoms with van der Waals surface area (Å²) >= 11 is 0. The second kappa shape index (κ2) is 5.09. The lowest BCUT2D eigenvalue weighted by atomic mass is 10.1. The molecule has 3 aromatic rings. The van der Waals surface area contributed by atoms with Crippen molar-refractivity contribution in [2.75, 3.05) is 5.32 Å². The maximum absolute atomic E-state index is 13.1. The largest absolute Gasteiger partial charge is 0.322 e. The molecule has 1 heterocycles. The van der Waals surface area contributed by atoms with Crippen LogP contribution in [0.4, 0.5) is 10.1 Å². The normalized spacial score (nSPS) is 10.4. The van der Waals surface area contributed by atoms with Gasteiger partial charge in [0.1, 0.15) is 5.82 Å². The summed E-state index contributed by atoms with van der Waals surface area (Å²) in [5.74, 6) is -0.670. The highest BCUT2D eigenvalue weighted by Gasteiger charge is 2.10. The first-order valence-corrected chi connectivity index (χ1v) is 6.15. The number of halogens is 1. The van der Waals surface area contributed by atoms with Crippen LogP contribution in [0.15, 0.2) is 60.8 Å². The van der Waals surface area contributed by atoms with Crippen LogP contribution in [0, 0.1) is 5.82 Å². The van der Waals surface area contributed by atoms with Crippen molar-refractivity contribution in [1.29, 1.82) is 0 Å². The summed E-state index contributed by atoms with van der Waals surface area (Å²) < 4.78 is 13.1. The Kier molecular flexibility index (Phi) is 3.13. The van der Waals surface area contributed by atoms with Gasteiger partial charge >= 0.3 is 0 Å². The van der Waals surface area contributed by atoms with Gasteiger partial charge in [-0.2, -0.15) is 0 Å². The van der Waals surface area contributed by atoms with Crippen LogP contribution in [0.2, 0.25) is 0 Å². The molecule has 0 saturated heterocycles. The van der Waals surface area contributed by atoms with Gasteiger partial charge in [0.2, 0.25) is 0 Å². The number of carbonyl (C=O) groups is 1. The van der Waals surface area contributed by atoms with Crippen LogP contribution in [0.3, 0.4) is 0 Å². The minimum absolute atomic E-state index is 0.283. The van der Waals surface area contributed by atoms with Gasteiger partial charge in [-0.3, -0.25) is 9.78 Å². The first kappa shape index (κ1) is 12.3. The molecule has 0 unspecified atom stereocenters. The van der Waals surface area contributed by atoms with Crippen LogP contribution in [0.1, 0.15) is 10.4 Å². The summed E-state index contributed by atoms with van der Waals surface area (Å²) in [6.45, 7) is 0. The van der Waals surface area contributed by atoms with Crippen molar-refractivity contribution < 1.29 is 9.18 Å². The summed E-state index contributed by atoms with van der Waals surface area (Å²) in [7, 11) is 0. The number of pyridine rings is 1. The number of rotatable bonds is 2. The van der Waals surface area contributed by atoms with Crippen LogP contribution >= 0.6 is 0 Å². The number of nitrogens with zero attached hydrogens (tertiary/aromatic N) is 1. The standard InChI is InChI=1S/C16H11FN2O/c17-11-4-3-5-12(10-11)19-16(20)14-8-9-18-15-7-2-1-6-13(14)15/h1-10H,(H,19,20). The molecule has 0 saturated carbocycles. The maximum Gasteiger partial charge on any atom is 0.256 e. The molecule has 20 heavy (non-hydrogen) atoms. The highest BCUT2D eigenvalue weighted by molar-refractivity contribution is 6.12. The summed E-state index contributed by atoms with van der Waals surface area (Å²) in [5, 5.41) is 3.45. The first-order chi connectivity index (χ1) is 9.74. The molecule has 1 N–H and O–H groups in total. The summed E-state index contributed by atoms with van der Waals surface area (Å²) in [5.41, 5.74) is 1.69. The van der Waals surface area contributed by atoms with E-state index < -0.39 is 0 Å².